The van der Waals surface area contributed by atoms with E-state index in [1.807, 2.05) is 0 Å². The van der Waals surface area contributed by atoms with E-state index in [2.05, 4.69) is 15.6 Å². The number of carbonyl (C=O) groups is 3. The maximum atomic E-state index is 11.9. The van der Waals surface area contributed by atoms with Gasteiger partial charge in [-0.1, -0.05) is 13.3 Å². The van der Waals surface area contributed by atoms with Gasteiger partial charge in [-0.2, -0.15) is 0 Å². The van der Waals surface area contributed by atoms with Crippen molar-refractivity contribution < 1.29 is 29.0 Å². The largest absolute Gasteiger partial charge is 0.481 e. The van der Waals surface area contributed by atoms with Crippen LogP contribution in [0.15, 0.2) is 4.99 Å². The lowest BCUT2D eigenvalue weighted by Gasteiger charge is -2.22. The van der Waals surface area contributed by atoms with Crippen molar-refractivity contribution in [2.24, 2.45) is 10.9 Å². The Bertz CT molecular complexity index is 514. The first kappa shape index (κ1) is 24.7. The zero-order chi connectivity index (χ0) is 21.3. The van der Waals surface area contributed by atoms with Crippen molar-refractivity contribution in [1.29, 1.82) is 0 Å². The molecule has 156 valence electrons. The molecule has 1 atom stereocenters. The second-order valence-electron chi connectivity index (χ2n) is 8.22. The molecule has 0 spiro atoms. The molecule has 0 aromatic rings. The van der Waals surface area contributed by atoms with Gasteiger partial charge in [-0.05, 0) is 54.4 Å². The summed E-state index contributed by atoms with van der Waals surface area (Å²) in [4.78, 5) is 38.8. The number of amides is 2. The van der Waals surface area contributed by atoms with Gasteiger partial charge in [-0.15, -0.1) is 0 Å². The Morgan fingerprint density at radius 2 is 1.37 bits per heavy atom. The molecule has 0 aliphatic carbocycles. The molecule has 0 saturated heterocycles. The molecule has 2 amide bonds. The van der Waals surface area contributed by atoms with Gasteiger partial charge in [-0.25, -0.2) is 9.59 Å². The first-order chi connectivity index (χ1) is 12.2. The molecule has 0 rings (SSSR count). The van der Waals surface area contributed by atoms with Crippen molar-refractivity contribution in [3.63, 3.8) is 0 Å². The molecular formula is C18H33N3O6. The number of carboxylic acids is 1. The summed E-state index contributed by atoms with van der Waals surface area (Å²) < 4.78 is 10.3. The van der Waals surface area contributed by atoms with Crippen LogP contribution in [0, 0.1) is 5.92 Å². The fraction of sp³-hybridized carbons (Fsp3) is 0.778. The highest BCUT2D eigenvalue weighted by Gasteiger charge is 2.21. The molecule has 0 saturated carbocycles. The number of carbonyl (C=O) groups excluding carboxylic acids is 2. The Hall–Kier alpha value is -2.32. The summed E-state index contributed by atoms with van der Waals surface area (Å²) >= 11 is 0. The molecule has 9 nitrogen and oxygen atoms in total. The summed E-state index contributed by atoms with van der Waals surface area (Å²) in [7, 11) is 0. The summed E-state index contributed by atoms with van der Waals surface area (Å²) in [6, 6.07) is 0. The number of hydrogen-bond acceptors (Lipinski definition) is 6. The Labute approximate surface area is 160 Å². The number of aliphatic carboxylic acids is 1. The lowest BCUT2D eigenvalue weighted by atomic mass is 10.0. The highest BCUT2D eigenvalue weighted by Crippen LogP contribution is 2.09. The summed E-state index contributed by atoms with van der Waals surface area (Å²) in [5.41, 5.74) is -1.40. The predicted molar refractivity (Wildman–Crippen MR) is 102 cm³/mol. The molecule has 3 N–H and O–H groups in total. The van der Waals surface area contributed by atoms with Crippen molar-refractivity contribution in [2.75, 3.05) is 6.54 Å². The molecular weight excluding hydrogens is 354 g/mol. The Balaban J connectivity index is 4.78. The summed E-state index contributed by atoms with van der Waals surface area (Å²) in [5, 5.41) is 13.6. The fourth-order valence-corrected chi connectivity index (χ4v) is 1.79. The second-order valence-corrected chi connectivity index (χ2v) is 8.22. The third kappa shape index (κ3) is 14.5. The zero-order valence-electron chi connectivity index (χ0n) is 17.3. The van der Waals surface area contributed by atoms with E-state index >= 15 is 0 Å². The Morgan fingerprint density at radius 1 is 0.926 bits per heavy atom. The normalized spacial score (nSPS) is 12.6. The fourth-order valence-electron chi connectivity index (χ4n) is 1.79. The van der Waals surface area contributed by atoms with Gasteiger partial charge in [0.25, 0.3) is 0 Å². The molecule has 0 radical (unpaired) electrons. The SMILES string of the molecule is C[C@@H](CCCCN=C(NC(=O)OC(C)(C)C)NC(=O)OC(C)(C)C)C(=O)O. The van der Waals surface area contributed by atoms with Crippen LogP contribution in [0.3, 0.4) is 0 Å². The minimum Gasteiger partial charge on any atom is -0.481 e. The Kier molecular flexibility index (Phi) is 9.82. The number of carboxylic acid groups (broad SMARTS) is 1. The highest BCUT2D eigenvalue weighted by atomic mass is 16.6. The smallest absolute Gasteiger partial charge is 0.414 e. The van der Waals surface area contributed by atoms with Crippen molar-refractivity contribution in [2.45, 2.75) is 78.9 Å². The van der Waals surface area contributed by atoms with Crippen LogP contribution >= 0.6 is 0 Å². The number of rotatable bonds is 6. The predicted octanol–water partition coefficient (Wildman–Crippen LogP) is 3.28. The third-order valence-corrected chi connectivity index (χ3v) is 2.98. The van der Waals surface area contributed by atoms with E-state index in [9.17, 15) is 14.4 Å². The van der Waals surface area contributed by atoms with E-state index in [0.29, 0.717) is 25.8 Å². The molecule has 0 aliphatic rings. The van der Waals surface area contributed by atoms with Gasteiger partial charge in [0, 0.05) is 6.54 Å². The molecule has 0 aromatic heterocycles. The molecule has 9 heteroatoms. The highest BCUT2D eigenvalue weighted by molar-refractivity contribution is 6.01. The van der Waals surface area contributed by atoms with Crippen LogP contribution in [0.5, 0.6) is 0 Å². The molecule has 0 aromatic carbocycles. The standard InChI is InChI=1S/C18H33N3O6/c1-12(13(22)23)10-8-9-11-19-14(20-15(24)26-17(2,3)4)21-16(25)27-18(5,6)7/h12H,8-11H2,1-7H3,(H,22,23)(H2,19,20,21,24,25)/t12-/m0/s1. The van der Waals surface area contributed by atoms with Gasteiger partial charge < -0.3 is 14.6 Å². The molecule has 0 unspecified atom stereocenters. The maximum Gasteiger partial charge on any atom is 0.414 e. The van der Waals surface area contributed by atoms with Crippen LogP contribution in [0.25, 0.3) is 0 Å². The number of alkyl carbamates (subject to hydrolysis) is 2. The Morgan fingerprint density at radius 3 is 1.74 bits per heavy atom. The van der Waals surface area contributed by atoms with Gasteiger partial charge >= 0.3 is 18.2 Å². The summed E-state index contributed by atoms with van der Waals surface area (Å²) in [5.74, 6) is -1.34. The number of aliphatic imine (C=N–C) groups is 1. The number of nitrogens with zero attached hydrogens (tertiary/aromatic N) is 1. The van der Waals surface area contributed by atoms with Crippen LogP contribution in [0.1, 0.15) is 67.7 Å². The number of hydrogen-bond donors (Lipinski definition) is 3. The van der Waals surface area contributed by atoms with Gasteiger partial charge in [0.05, 0.1) is 5.92 Å². The summed E-state index contributed by atoms with van der Waals surface area (Å²) in [6.07, 6.45) is 0.281. The van der Waals surface area contributed by atoms with Crippen LogP contribution < -0.4 is 10.6 Å². The molecule has 0 fully saturated rings. The van der Waals surface area contributed by atoms with Crippen LogP contribution in [0.4, 0.5) is 9.59 Å². The number of unbranched alkanes of at least 4 members (excludes halogenated alkanes) is 1. The van der Waals surface area contributed by atoms with Crippen LogP contribution in [0.2, 0.25) is 0 Å². The van der Waals surface area contributed by atoms with Gasteiger partial charge in [-0.3, -0.25) is 20.4 Å². The average molecular weight is 387 g/mol. The second kappa shape index (κ2) is 10.7. The number of guanidine groups is 1. The van der Waals surface area contributed by atoms with Gasteiger partial charge in [0.2, 0.25) is 5.96 Å². The van der Waals surface area contributed by atoms with E-state index in [4.69, 9.17) is 14.6 Å². The zero-order valence-corrected chi connectivity index (χ0v) is 17.3. The lowest BCUT2D eigenvalue weighted by Crippen LogP contribution is -2.47. The first-order valence-corrected chi connectivity index (χ1v) is 8.97. The van der Waals surface area contributed by atoms with Crippen molar-refractivity contribution >= 4 is 24.1 Å². The van der Waals surface area contributed by atoms with Gasteiger partial charge in [0.15, 0.2) is 0 Å². The van der Waals surface area contributed by atoms with E-state index in [-0.39, 0.29) is 5.96 Å². The third-order valence-electron chi connectivity index (χ3n) is 2.98. The minimum atomic E-state index is -0.836. The first-order valence-electron chi connectivity index (χ1n) is 8.97. The van der Waals surface area contributed by atoms with E-state index in [1.54, 1.807) is 48.5 Å². The van der Waals surface area contributed by atoms with Crippen LogP contribution in [-0.4, -0.2) is 47.0 Å². The summed E-state index contributed by atoms with van der Waals surface area (Å²) in [6.45, 7) is 12.2. The number of ether oxygens (including phenoxy) is 2. The van der Waals surface area contributed by atoms with Crippen LogP contribution in [-0.2, 0) is 14.3 Å². The maximum absolute atomic E-state index is 11.9. The minimum absolute atomic E-state index is 0.0789. The van der Waals surface area contributed by atoms with Crippen molar-refractivity contribution in [3.8, 4) is 0 Å². The quantitative estimate of drug-likeness (QED) is 0.365. The monoisotopic (exact) mass is 387 g/mol. The average Bonchev–Trinajstić information content (AvgIpc) is 2.41. The molecule has 27 heavy (non-hydrogen) atoms. The van der Waals surface area contributed by atoms with E-state index in [0.717, 1.165) is 0 Å². The lowest BCUT2D eigenvalue weighted by molar-refractivity contribution is -0.141. The van der Waals surface area contributed by atoms with E-state index < -0.39 is 35.3 Å². The van der Waals surface area contributed by atoms with Gasteiger partial charge in [0.1, 0.15) is 11.2 Å². The van der Waals surface area contributed by atoms with Crippen molar-refractivity contribution in [3.05, 3.63) is 0 Å². The topological polar surface area (TPSA) is 126 Å². The molecule has 0 aliphatic heterocycles. The molecule has 0 heterocycles. The van der Waals surface area contributed by atoms with Crippen molar-refractivity contribution in [1.82, 2.24) is 10.6 Å². The van der Waals surface area contributed by atoms with E-state index in [1.165, 1.54) is 0 Å². The number of nitrogens with one attached hydrogen (secondary N) is 2. The molecule has 0 bridgehead atoms.